The lowest BCUT2D eigenvalue weighted by Gasteiger charge is -2.21. The van der Waals surface area contributed by atoms with E-state index >= 15 is 0 Å². The highest BCUT2D eigenvalue weighted by Gasteiger charge is 2.11. The van der Waals surface area contributed by atoms with E-state index in [1.807, 2.05) is 30.5 Å². The molecule has 7 heteroatoms. The van der Waals surface area contributed by atoms with E-state index in [4.69, 9.17) is 0 Å². The lowest BCUT2D eigenvalue weighted by molar-refractivity contribution is 0.0963. The molecule has 31 heavy (non-hydrogen) atoms. The van der Waals surface area contributed by atoms with Crippen LogP contribution in [0.15, 0.2) is 47.6 Å². The minimum Gasteiger partial charge on any atom is -0.357 e. The highest BCUT2D eigenvalue weighted by atomic mass is 16.1. The first-order valence-electron chi connectivity index (χ1n) is 11.1. The molecule has 3 rings (SSSR count). The molecule has 1 saturated heterocycles. The molecule has 1 aromatic heterocycles. The molecule has 2 heterocycles. The van der Waals surface area contributed by atoms with Crippen molar-refractivity contribution in [3.05, 3.63) is 59.3 Å². The number of rotatable bonds is 7. The number of hydrogen-bond acceptors (Lipinski definition) is 4. The first-order chi connectivity index (χ1) is 15.2. The number of aliphatic imine (C=N–C) groups is 1. The number of nitrogens with one attached hydrogen (secondary N) is 3. The summed E-state index contributed by atoms with van der Waals surface area (Å²) >= 11 is 0. The van der Waals surface area contributed by atoms with Crippen molar-refractivity contribution in [3.63, 3.8) is 0 Å². The van der Waals surface area contributed by atoms with Gasteiger partial charge in [-0.05, 0) is 48.6 Å². The molecular weight excluding hydrogens is 388 g/mol. The summed E-state index contributed by atoms with van der Waals surface area (Å²) in [6, 6.07) is 11.9. The van der Waals surface area contributed by atoms with Gasteiger partial charge in [0.1, 0.15) is 5.82 Å². The van der Waals surface area contributed by atoms with E-state index in [1.165, 1.54) is 25.7 Å². The highest BCUT2D eigenvalue weighted by Crippen LogP contribution is 2.17. The Morgan fingerprint density at radius 3 is 2.55 bits per heavy atom. The van der Waals surface area contributed by atoms with Crippen molar-refractivity contribution in [2.75, 3.05) is 38.6 Å². The van der Waals surface area contributed by atoms with Crippen LogP contribution in [0.2, 0.25) is 0 Å². The van der Waals surface area contributed by atoms with Crippen molar-refractivity contribution in [1.29, 1.82) is 0 Å². The van der Waals surface area contributed by atoms with Crippen LogP contribution in [-0.4, -0.2) is 50.6 Å². The first-order valence-corrected chi connectivity index (χ1v) is 11.1. The highest BCUT2D eigenvalue weighted by molar-refractivity contribution is 5.94. The maximum atomic E-state index is 11.8. The number of aromatic nitrogens is 1. The molecule has 166 valence electrons. The molecule has 1 amide bonds. The molecule has 1 aliphatic heterocycles. The van der Waals surface area contributed by atoms with Gasteiger partial charge in [-0.1, -0.05) is 31.0 Å². The van der Waals surface area contributed by atoms with Crippen molar-refractivity contribution in [1.82, 2.24) is 20.9 Å². The second-order valence-corrected chi connectivity index (χ2v) is 7.81. The van der Waals surface area contributed by atoms with Gasteiger partial charge >= 0.3 is 0 Å². The number of guanidine groups is 1. The average molecular weight is 423 g/mol. The van der Waals surface area contributed by atoms with Gasteiger partial charge in [-0.2, -0.15) is 0 Å². The predicted octanol–water partition coefficient (Wildman–Crippen LogP) is 2.73. The van der Waals surface area contributed by atoms with Crippen LogP contribution >= 0.6 is 0 Å². The van der Waals surface area contributed by atoms with Crippen molar-refractivity contribution in [2.24, 2.45) is 4.99 Å². The van der Waals surface area contributed by atoms with Gasteiger partial charge in [0.2, 0.25) is 0 Å². The second-order valence-electron chi connectivity index (χ2n) is 7.81. The maximum Gasteiger partial charge on any atom is 0.251 e. The molecule has 0 unspecified atom stereocenters. The summed E-state index contributed by atoms with van der Waals surface area (Å²) in [6.45, 7) is 3.60. The van der Waals surface area contributed by atoms with E-state index in [2.05, 4.69) is 43.0 Å². The van der Waals surface area contributed by atoms with Gasteiger partial charge in [0.25, 0.3) is 5.91 Å². The first kappa shape index (κ1) is 22.6. The molecule has 3 N–H and O–H groups in total. The maximum absolute atomic E-state index is 11.8. The second kappa shape index (κ2) is 11.9. The normalized spacial score (nSPS) is 14.6. The van der Waals surface area contributed by atoms with Gasteiger partial charge in [0.15, 0.2) is 5.96 Å². The molecule has 1 aliphatic rings. The summed E-state index contributed by atoms with van der Waals surface area (Å²) in [5, 5.41) is 9.33. The van der Waals surface area contributed by atoms with Gasteiger partial charge in [-0.15, -0.1) is 0 Å². The van der Waals surface area contributed by atoms with E-state index in [0.717, 1.165) is 49.0 Å². The zero-order valence-corrected chi connectivity index (χ0v) is 18.7. The van der Waals surface area contributed by atoms with Crippen LogP contribution in [0.25, 0.3) is 0 Å². The molecule has 2 aromatic rings. The third-order valence-electron chi connectivity index (χ3n) is 5.55. The summed E-state index contributed by atoms with van der Waals surface area (Å²) < 4.78 is 0. The fourth-order valence-corrected chi connectivity index (χ4v) is 3.75. The quantitative estimate of drug-likeness (QED) is 0.472. The molecule has 0 atom stereocenters. The van der Waals surface area contributed by atoms with Crippen LogP contribution in [0.4, 0.5) is 5.82 Å². The summed E-state index contributed by atoms with van der Waals surface area (Å²) in [5.74, 6) is 1.76. The molecule has 0 bridgehead atoms. The molecule has 7 nitrogen and oxygen atoms in total. The van der Waals surface area contributed by atoms with Gasteiger partial charge in [-0.3, -0.25) is 9.79 Å². The van der Waals surface area contributed by atoms with Crippen LogP contribution in [-0.2, 0) is 13.0 Å². The number of carbonyl (C=O) groups excluding carboxylic acids is 1. The molecular formula is C24H34N6O. The van der Waals surface area contributed by atoms with Gasteiger partial charge in [-0.25, -0.2) is 4.98 Å². The minimum atomic E-state index is -0.0669. The van der Waals surface area contributed by atoms with Crippen LogP contribution in [0.1, 0.15) is 47.2 Å². The SMILES string of the molecule is CN=C(NCCc1cccc(C(=O)NC)c1)NCc1ccc(N2CCCCCC2)nc1. The van der Waals surface area contributed by atoms with E-state index in [9.17, 15) is 4.79 Å². The standard InChI is InChI=1S/C24H34N6O/c1-25-23(31)21-9-7-8-19(16-21)12-13-27-24(26-2)29-18-20-10-11-22(28-17-20)30-14-5-3-4-6-15-30/h7-11,16-17H,3-6,12-15,18H2,1-2H3,(H,25,31)(H2,26,27,29). The lowest BCUT2D eigenvalue weighted by Crippen LogP contribution is -2.37. The minimum absolute atomic E-state index is 0.0669. The third-order valence-corrected chi connectivity index (χ3v) is 5.55. The Labute approximate surface area is 185 Å². The zero-order chi connectivity index (χ0) is 21.9. The monoisotopic (exact) mass is 422 g/mol. The predicted molar refractivity (Wildman–Crippen MR) is 127 cm³/mol. The van der Waals surface area contributed by atoms with Crippen LogP contribution < -0.4 is 20.9 Å². The Morgan fingerprint density at radius 2 is 1.87 bits per heavy atom. The number of hydrogen-bond donors (Lipinski definition) is 3. The fraction of sp³-hybridized carbons (Fsp3) is 0.458. The molecule has 0 spiro atoms. The van der Waals surface area contributed by atoms with E-state index < -0.39 is 0 Å². The lowest BCUT2D eigenvalue weighted by atomic mass is 10.1. The van der Waals surface area contributed by atoms with Crippen LogP contribution in [0, 0.1) is 0 Å². The van der Waals surface area contributed by atoms with Crippen LogP contribution in [0.3, 0.4) is 0 Å². The smallest absolute Gasteiger partial charge is 0.251 e. The fourth-order valence-electron chi connectivity index (χ4n) is 3.75. The topological polar surface area (TPSA) is 81.6 Å². The number of amides is 1. The number of benzene rings is 1. The summed E-state index contributed by atoms with van der Waals surface area (Å²) in [4.78, 5) is 23.1. The molecule has 0 aliphatic carbocycles. The third kappa shape index (κ3) is 6.98. The molecule has 0 saturated carbocycles. The summed E-state index contributed by atoms with van der Waals surface area (Å²) in [7, 11) is 3.41. The van der Waals surface area contributed by atoms with E-state index in [0.29, 0.717) is 12.1 Å². The molecule has 1 aromatic carbocycles. The van der Waals surface area contributed by atoms with Crippen molar-refractivity contribution < 1.29 is 4.79 Å². The van der Waals surface area contributed by atoms with Gasteiger partial charge < -0.3 is 20.9 Å². The molecule has 1 fully saturated rings. The van der Waals surface area contributed by atoms with Gasteiger partial charge in [0, 0.05) is 52.0 Å². The number of nitrogens with zero attached hydrogens (tertiary/aromatic N) is 3. The average Bonchev–Trinajstić information content (AvgIpc) is 3.11. The Hall–Kier alpha value is -3.09. The summed E-state index contributed by atoms with van der Waals surface area (Å²) in [6.07, 6.45) is 7.91. The largest absolute Gasteiger partial charge is 0.357 e. The number of pyridine rings is 1. The van der Waals surface area contributed by atoms with Crippen molar-refractivity contribution in [2.45, 2.75) is 38.6 Å². The van der Waals surface area contributed by atoms with Crippen molar-refractivity contribution >= 4 is 17.7 Å². The number of carbonyl (C=O) groups is 1. The molecule has 0 radical (unpaired) electrons. The Morgan fingerprint density at radius 1 is 1.06 bits per heavy atom. The zero-order valence-electron chi connectivity index (χ0n) is 18.7. The van der Waals surface area contributed by atoms with Gasteiger partial charge in [0.05, 0.1) is 0 Å². The summed E-state index contributed by atoms with van der Waals surface area (Å²) in [5.41, 5.74) is 2.91. The van der Waals surface area contributed by atoms with Crippen LogP contribution in [0.5, 0.6) is 0 Å². The van der Waals surface area contributed by atoms with Crippen molar-refractivity contribution in [3.8, 4) is 0 Å². The van der Waals surface area contributed by atoms with E-state index in [-0.39, 0.29) is 5.91 Å². The Bertz CT molecular complexity index is 857. The number of anilines is 1. The Kier molecular flexibility index (Phi) is 8.70. The Balaban J connectivity index is 1.44. The van der Waals surface area contributed by atoms with E-state index in [1.54, 1.807) is 14.1 Å².